The van der Waals surface area contributed by atoms with Gasteiger partial charge in [0, 0.05) is 24.4 Å². The van der Waals surface area contributed by atoms with Crippen molar-refractivity contribution < 1.29 is 22.0 Å². The summed E-state index contributed by atoms with van der Waals surface area (Å²) in [6, 6.07) is 2.95. The van der Waals surface area contributed by atoms with Crippen LogP contribution in [0, 0.1) is 11.6 Å². The number of carbonyl (C=O) groups is 1. The first-order chi connectivity index (χ1) is 10.7. The zero-order valence-electron chi connectivity index (χ0n) is 13.3. The summed E-state index contributed by atoms with van der Waals surface area (Å²) in [5.74, 6) is -1.74. The minimum Gasteiger partial charge on any atom is -0.334 e. The Morgan fingerprint density at radius 1 is 1.30 bits per heavy atom. The number of rotatable bonds is 5. The van der Waals surface area contributed by atoms with Gasteiger partial charge in [0.25, 0.3) is 0 Å². The van der Waals surface area contributed by atoms with E-state index in [0.29, 0.717) is 0 Å². The predicted octanol–water partition coefficient (Wildman–Crippen LogP) is 2.67. The fourth-order valence-corrected chi connectivity index (χ4v) is 3.37. The Balaban J connectivity index is 2.31. The summed E-state index contributed by atoms with van der Waals surface area (Å²) in [4.78, 5) is 14.0. The monoisotopic (exact) mass is 345 g/mol. The van der Waals surface area contributed by atoms with E-state index in [0.717, 1.165) is 50.1 Å². The molecule has 1 saturated carbocycles. The van der Waals surface area contributed by atoms with Crippen LogP contribution in [0.5, 0.6) is 0 Å². The number of benzene rings is 1. The molecule has 4 nitrogen and oxygen atoms in total. The number of amides is 1. The second-order valence-corrected chi connectivity index (χ2v) is 8.48. The van der Waals surface area contributed by atoms with Crippen molar-refractivity contribution in [1.82, 2.24) is 4.90 Å². The molecule has 0 saturated heterocycles. The molecule has 128 valence electrons. The van der Waals surface area contributed by atoms with E-state index in [4.69, 9.17) is 0 Å². The van der Waals surface area contributed by atoms with Crippen LogP contribution < -0.4 is 0 Å². The second-order valence-electron chi connectivity index (χ2n) is 6.11. The fourth-order valence-electron chi connectivity index (χ4n) is 2.87. The van der Waals surface area contributed by atoms with Gasteiger partial charge in [0.15, 0.2) is 9.84 Å². The van der Waals surface area contributed by atoms with Crippen LogP contribution in [0.4, 0.5) is 8.78 Å². The first kappa shape index (κ1) is 17.8. The average Bonchev–Trinajstić information content (AvgIpc) is 2.99. The molecule has 0 radical (unpaired) electrons. The van der Waals surface area contributed by atoms with Gasteiger partial charge in [0.05, 0.1) is 0 Å². The van der Waals surface area contributed by atoms with Crippen molar-refractivity contribution >= 4 is 15.7 Å². The predicted molar refractivity (Wildman–Crippen MR) is 83.5 cm³/mol. The van der Waals surface area contributed by atoms with Gasteiger partial charge in [0.2, 0.25) is 5.91 Å². The summed E-state index contributed by atoms with van der Waals surface area (Å²) in [6.45, 7) is 1.22. The molecule has 7 heteroatoms. The van der Waals surface area contributed by atoms with E-state index >= 15 is 0 Å². The lowest BCUT2D eigenvalue weighted by Crippen LogP contribution is -2.45. The van der Waals surface area contributed by atoms with Crippen LogP contribution in [0.15, 0.2) is 18.2 Å². The Hall–Kier alpha value is -1.50. The average molecular weight is 345 g/mol. The third kappa shape index (κ3) is 4.28. The van der Waals surface area contributed by atoms with Crippen molar-refractivity contribution in [3.05, 3.63) is 35.4 Å². The highest BCUT2D eigenvalue weighted by Crippen LogP contribution is 2.27. The normalized spacial score (nSPS) is 17.2. The van der Waals surface area contributed by atoms with Crippen LogP contribution in [0.25, 0.3) is 0 Å². The van der Waals surface area contributed by atoms with Crippen molar-refractivity contribution in [3.8, 4) is 0 Å². The number of hydrogen-bond donors (Lipinski definition) is 0. The summed E-state index contributed by atoms with van der Waals surface area (Å²) in [5.41, 5.74) is 0.0611. The van der Waals surface area contributed by atoms with Crippen molar-refractivity contribution in [1.29, 1.82) is 0 Å². The van der Waals surface area contributed by atoms with Crippen molar-refractivity contribution in [2.24, 2.45) is 0 Å². The van der Waals surface area contributed by atoms with Gasteiger partial charge in [-0.25, -0.2) is 17.2 Å². The molecule has 1 fully saturated rings. The summed E-state index contributed by atoms with van der Waals surface area (Å²) in [7, 11) is -3.55. The zero-order chi connectivity index (χ0) is 17.2. The second kappa shape index (κ2) is 6.95. The Morgan fingerprint density at radius 3 is 2.48 bits per heavy atom. The Bertz CT molecular complexity index is 685. The molecule has 0 heterocycles. The lowest BCUT2D eigenvalue weighted by Gasteiger charge is -2.31. The third-order valence-electron chi connectivity index (χ3n) is 4.39. The lowest BCUT2D eigenvalue weighted by atomic mass is 10.1. The minimum atomic E-state index is -3.55. The molecule has 1 aliphatic rings. The quantitative estimate of drug-likeness (QED) is 0.824. The van der Waals surface area contributed by atoms with Crippen LogP contribution in [0.2, 0.25) is 0 Å². The van der Waals surface area contributed by atoms with Crippen LogP contribution in [0.3, 0.4) is 0 Å². The first-order valence-corrected chi connectivity index (χ1v) is 9.59. The maximum absolute atomic E-state index is 13.9. The molecule has 1 amide bonds. The maximum atomic E-state index is 13.9. The topological polar surface area (TPSA) is 54.5 Å². The number of sulfone groups is 1. The van der Waals surface area contributed by atoms with E-state index in [1.54, 1.807) is 0 Å². The summed E-state index contributed by atoms with van der Waals surface area (Å²) in [5, 5.41) is -1.19. The number of halogens is 2. The maximum Gasteiger partial charge on any atom is 0.241 e. The van der Waals surface area contributed by atoms with Gasteiger partial charge in [-0.05, 0) is 38.0 Å². The van der Waals surface area contributed by atoms with E-state index in [9.17, 15) is 22.0 Å². The van der Waals surface area contributed by atoms with Gasteiger partial charge < -0.3 is 4.90 Å². The summed E-state index contributed by atoms with van der Waals surface area (Å²) in [6.07, 6.45) is 4.38. The van der Waals surface area contributed by atoms with Crippen LogP contribution >= 0.6 is 0 Å². The highest BCUT2D eigenvalue weighted by molar-refractivity contribution is 7.92. The van der Waals surface area contributed by atoms with E-state index in [2.05, 4.69) is 0 Å². The number of nitrogens with zero attached hydrogens (tertiary/aromatic N) is 1. The molecule has 0 bridgehead atoms. The Labute approximate surface area is 135 Å². The minimum absolute atomic E-state index is 0.0611. The molecule has 0 aromatic heterocycles. The SMILES string of the molecule is CC(C(=O)N(Cc1cc(F)ccc1F)C1CCCC1)S(C)(=O)=O. The molecule has 23 heavy (non-hydrogen) atoms. The standard InChI is InChI=1S/C16H21F2NO3S/c1-11(23(2,21)22)16(20)19(14-5-3-4-6-14)10-12-9-13(17)7-8-15(12)18/h7-9,11,14H,3-6,10H2,1-2H3. The smallest absolute Gasteiger partial charge is 0.241 e. The lowest BCUT2D eigenvalue weighted by molar-refractivity contribution is -0.133. The number of carbonyl (C=O) groups excluding carboxylic acids is 1. The van der Waals surface area contributed by atoms with Crippen molar-refractivity contribution in [3.63, 3.8) is 0 Å². The van der Waals surface area contributed by atoms with E-state index < -0.39 is 32.6 Å². The molecule has 1 aliphatic carbocycles. The van der Waals surface area contributed by atoms with Crippen LogP contribution in [0.1, 0.15) is 38.2 Å². The third-order valence-corrected chi connectivity index (χ3v) is 5.87. The van der Waals surface area contributed by atoms with Crippen molar-refractivity contribution in [2.75, 3.05) is 6.26 Å². The van der Waals surface area contributed by atoms with Gasteiger partial charge >= 0.3 is 0 Å². The number of hydrogen-bond acceptors (Lipinski definition) is 3. The Kier molecular flexibility index (Phi) is 5.39. The highest BCUT2D eigenvalue weighted by Gasteiger charge is 2.34. The summed E-state index contributed by atoms with van der Waals surface area (Å²) < 4.78 is 50.6. The van der Waals surface area contributed by atoms with E-state index in [1.165, 1.54) is 11.8 Å². The molecular weight excluding hydrogens is 324 g/mol. The van der Waals surface area contributed by atoms with Gasteiger partial charge in [-0.1, -0.05) is 12.8 Å². The molecule has 0 aliphatic heterocycles. The molecule has 1 aromatic rings. The largest absolute Gasteiger partial charge is 0.334 e. The Morgan fingerprint density at radius 2 is 1.91 bits per heavy atom. The van der Waals surface area contributed by atoms with E-state index in [1.807, 2.05) is 0 Å². The van der Waals surface area contributed by atoms with Gasteiger partial charge in [-0.2, -0.15) is 0 Å². The first-order valence-electron chi connectivity index (χ1n) is 7.63. The molecular formula is C16H21F2NO3S. The van der Waals surface area contributed by atoms with Crippen molar-refractivity contribution in [2.45, 2.75) is 50.4 Å². The van der Waals surface area contributed by atoms with Gasteiger partial charge in [0.1, 0.15) is 16.9 Å². The van der Waals surface area contributed by atoms with Gasteiger partial charge in [-0.15, -0.1) is 0 Å². The highest BCUT2D eigenvalue weighted by atomic mass is 32.2. The zero-order valence-corrected chi connectivity index (χ0v) is 14.1. The van der Waals surface area contributed by atoms with E-state index in [-0.39, 0.29) is 18.2 Å². The molecule has 0 spiro atoms. The molecule has 2 rings (SSSR count). The van der Waals surface area contributed by atoms with Crippen LogP contribution in [-0.2, 0) is 21.2 Å². The summed E-state index contributed by atoms with van der Waals surface area (Å²) >= 11 is 0. The molecule has 1 atom stereocenters. The van der Waals surface area contributed by atoms with Crippen LogP contribution in [-0.4, -0.2) is 36.8 Å². The molecule has 1 unspecified atom stereocenters. The molecule has 0 N–H and O–H groups in total. The fraction of sp³-hybridized carbons (Fsp3) is 0.562. The van der Waals surface area contributed by atoms with Gasteiger partial charge in [-0.3, -0.25) is 4.79 Å². The molecule has 1 aromatic carbocycles.